The van der Waals surface area contributed by atoms with Gasteiger partial charge >= 0.3 is 81.4 Å². The van der Waals surface area contributed by atoms with Gasteiger partial charge in [-0.25, -0.2) is 0 Å². The third-order valence-electron chi connectivity index (χ3n) is 2.26. The van der Waals surface area contributed by atoms with Crippen molar-refractivity contribution in [1.82, 2.24) is 3.11 Å². The van der Waals surface area contributed by atoms with Crippen molar-refractivity contribution in [2.75, 3.05) is 16.4 Å². The van der Waals surface area contributed by atoms with Crippen molar-refractivity contribution in [2.24, 2.45) is 0 Å². The van der Waals surface area contributed by atoms with Crippen LogP contribution in [0.2, 0.25) is 0 Å². The number of rotatable bonds is 2. The fourth-order valence-corrected chi connectivity index (χ4v) is 4.94. The minimum atomic E-state index is -1.13. The van der Waals surface area contributed by atoms with E-state index in [0.29, 0.717) is 0 Å². The van der Waals surface area contributed by atoms with Crippen molar-refractivity contribution >= 4 is 20.1 Å². The van der Waals surface area contributed by atoms with E-state index in [9.17, 15) is 0 Å². The van der Waals surface area contributed by atoms with Crippen LogP contribution in [0.3, 0.4) is 0 Å². The second kappa shape index (κ2) is 4.74. The molecule has 0 aromatic heterocycles. The normalized spacial score (nSPS) is 27.8. The summed E-state index contributed by atoms with van der Waals surface area (Å²) in [6, 6.07) is 0.0268. The van der Waals surface area contributed by atoms with E-state index in [1.54, 1.807) is 0 Å². The molecule has 0 aliphatic carbocycles. The van der Waals surface area contributed by atoms with Gasteiger partial charge in [-0.15, -0.1) is 0 Å². The molecule has 2 N–H and O–H groups in total. The maximum absolute atomic E-state index is 9.14. The predicted octanol–water partition coefficient (Wildman–Crippen LogP) is 0.833. The summed E-state index contributed by atoms with van der Waals surface area (Å²) in [5.74, 6) is 0. The van der Waals surface area contributed by atoms with Crippen LogP contribution < -0.4 is 0 Å². The van der Waals surface area contributed by atoms with Crippen molar-refractivity contribution < 1.29 is 10.2 Å². The summed E-state index contributed by atoms with van der Waals surface area (Å²) in [5.41, 5.74) is 0. The molecule has 0 spiro atoms. The molecule has 1 heterocycles. The average molecular weight is 287 g/mol. The van der Waals surface area contributed by atoms with Gasteiger partial charge in [-0.2, -0.15) is 0 Å². The molecule has 0 aromatic rings. The Balaban J connectivity index is 2.54. The van der Waals surface area contributed by atoms with Crippen LogP contribution in [0.15, 0.2) is 0 Å². The van der Waals surface area contributed by atoms with E-state index in [0.717, 1.165) is 19.4 Å². The van der Waals surface area contributed by atoms with Gasteiger partial charge < -0.3 is 0 Å². The number of alkyl halides is 2. The molecule has 3 nitrogen and oxygen atoms in total. The summed E-state index contributed by atoms with van der Waals surface area (Å²) < 4.78 is 2.33. The molecule has 1 rings (SSSR count). The Hall–Kier alpha value is 0.610. The Bertz CT molecular complexity index is 125. The molecule has 0 saturated carbocycles. The molecule has 1 atom stereocenters. The first-order chi connectivity index (χ1) is 5.63. The molecule has 0 aromatic carbocycles. The number of hydrogen-bond acceptors (Lipinski definition) is 3. The van der Waals surface area contributed by atoms with Gasteiger partial charge in [0.05, 0.1) is 0 Å². The van der Waals surface area contributed by atoms with Crippen molar-refractivity contribution in [3.8, 4) is 0 Å². The van der Waals surface area contributed by atoms with Crippen LogP contribution in [0, 0.1) is 0 Å². The fraction of sp³-hybridized carbons (Fsp3) is 1.00. The zero-order chi connectivity index (χ0) is 9.14. The molecule has 1 saturated heterocycles. The number of nitrogens with zero attached hydrogens (tertiary/aromatic N) is 1. The van der Waals surface area contributed by atoms with Crippen LogP contribution >= 0.6 is 20.1 Å². The van der Waals surface area contributed by atoms with Crippen LogP contribution in [-0.4, -0.2) is 42.1 Å². The standard InChI is InChI=1S/C8H18INO2/c1-9(2)10-6-4-3-5-7(10)8(11)12/h7-8,11-12H,3-6H2,1-2H3/t7-/m1/s1. The quantitative estimate of drug-likeness (QED) is 0.342. The summed E-state index contributed by atoms with van der Waals surface area (Å²) >= 11 is -1.01. The Morgan fingerprint density at radius 2 is 2.00 bits per heavy atom. The molecule has 1 fully saturated rings. The number of hydrogen-bond donors (Lipinski definition) is 2. The van der Waals surface area contributed by atoms with Gasteiger partial charge in [0.25, 0.3) is 0 Å². The molecule has 0 bridgehead atoms. The zero-order valence-corrected chi connectivity index (χ0v) is 9.86. The second-order valence-corrected chi connectivity index (χ2v) is 8.64. The Kier molecular flexibility index (Phi) is 4.22. The molecule has 1 aliphatic heterocycles. The number of aliphatic hydroxyl groups is 2. The topological polar surface area (TPSA) is 43.7 Å². The summed E-state index contributed by atoms with van der Waals surface area (Å²) in [4.78, 5) is 4.51. The average Bonchev–Trinajstić information content (AvgIpc) is 2.04. The Labute approximate surface area is 81.5 Å². The molecule has 12 heavy (non-hydrogen) atoms. The number of aliphatic hydroxyl groups excluding tert-OH is 1. The number of piperidine rings is 1. The molecule has 1 aliphatic rings. The summed E-state index contributed by atoms with van der Waals surface area (Å²) in [6.45, 7) is 1.07. The van der Waals surface area contributed by atoms with E-state index in [-0.39, 0.29) is 6.04 Å². The Morgan fingerprint density at radius 3 is 2.42 bits per heavy atom. The fourth-order valence-electron chi connectivity index (χ4n) is 1.64. The van der Waals surface area contributed by atoms with Crippen LogP contribution in [0.4, 0.5) is 0 Å². The molecule has 0 amide bonds. The van der Waals surface area contributed by atoms with Crippen molar-refractivity contribution in [2.45, 2.75) is 31.6 Å². The van der Waals surface area contributed by atoms with Gasteiger partial charge in [0.2, 0.25) is 0 Å². The van der Waals surface area contributed by atoms with Crippen molar-refractivity contribution in [3.05, 3.63) is 0 Å². The van der Waals surface area contributed by atoms with E-state index in [2.05, 4.69) is 13.0 Å². The monoisotopic (exact) mass is 287 g/mol. The van der Waals surface area contributed by atoms with Gasteiger partial charge in [-0.3, -0.25) is 0 Å². The first-order valence-corrected chi connectivity index (χ1v) is 9.54. The van der Waals surface area contributed by atoms with Crippen LogP contribution in [0.1, 0.15) is 19.3 Å². The van der Waals surface area contributed by atoms with E-state index in [1.165, 1.54) is 6.42 Å². The third kappa shape index (κ3) is 2.55. The van der Waals surface area contributed by atoms with Crippen LogP contribution in [0.5, 0.6) is 0 Å². The van der Waals surface area contributed by atoms with E-state index in [1.807, 2.05) is 0 Å². The van der Waals surface area contributed by atoms with E-state index < -0.39 is 26.4 Å². The van der Waals surface area contributed by atoms with E-state index in [4.69, 9.17) is 10.2 Å². The third-order valence-corrected chi connectivity index (χ3v) is 5.94. The first kappa shape index (κ1) is 10.7. The van der Waals surface area contributed by atoms with Gasteiger partial charge in [0.1, 0.15) is 0 Å². The molecule has 0 radical (unpaired) electrons. The van der Waals surface area contributed by atoms with Gasteiger partial charge in [0, 0.05) is 0 Å². The van der Waals surface area contributed by atoms with Crippen LogP contribution in [0.25, 0.3) is 0 Å². The van der Waals surface area contributed by atoms with Gasteiger partial charge in [0.15, 0.2) is 0 Å². The molecular formula is C8H18INO2. The van der Waals surface area contributed by atoms with E-state index >= 15 is 0 Å². The predicted molar refractivity (Wildman–Crippen MR) is 58.4 cm³/mol. The molecule has 74 valence electrons. The minimum absolute atomic E-state index is 0.0268. The number of halogens is 1. The molecule has 4 heteroatoms. The van der Waals surface area contributed by atoms with Crippen LogP contribution in [-0.2, 0) is 0 Å². The zero-order valence-electron chi connectivity index (χ0n) is 7.70. The maximum atomic E-state index is 9.14. The summed E-state index contributed by atoms with van der Waals surface area (Å²) in [6.07, 6.45) is 2.18. The summed E-state index contributed by atoms with van der Waals surface area (Å²) in [5, 5.41) is 18.3. The van der Waals surface area contributed by atoms with Gasteiger partial charge in [-0.1, -0.05) is 0 Å². The second-order valence-electron chi connectivity index (χ2n) is 3.32. The molecule has 0 unspecified atom stereocenters. The first-order valence-electron chi connectivity index (χ1n) is 4.26. The Morgan fingerprint density at radius 1 is 1.33 bits per heavy atom. The van der Waals surface area contributed by atoms with Crippen molar-refractivity contribution in [3.63, 3.8) is 0 Å². The van der Waals surface area contributed by atoms with Crippen molar-refractivity contribution in [1.29, 1.82) is 0 Å². The summed E-state index contributed by atoms with van der Waals surface area (Å²) in [7, 11) is 0. The van der Waals surface area contributed by atoms with Gasteiger partial charge in [-0.05, 0) is 0 Å². The molecular weight excluding hydrogens is 269 g/mol. The SMILES string of the molecule is CI(C)N1CCCC[C@@H]1C(O)O.